The summed E-state index contributed by atoms with van der Waals surface area (Å²) in [7, 11) is 0. The van der Waals surface area contributed by atoms with Gasteiger partial charge in [-0.15, -0.1) is 12.4 Å². The summed E-state index contributed by atoms with van der Waals surface area (Å²) in [5.41, 5.74) is 6.65. The van der Waals surface area contributed by atoms with Crippen LogP contribution in [-0.2, 0) is 6.42 Å². The summed E-state index contributed by atoms with van der Waals surface area (Å²) in [6.45, 7) is 0.521. The molecule has 0 unspecified atom stereocenters. The van der Waals surface area contributed by atoms with Gasteiger partial charge >= 0.3 is 0 Å². The highest BCUT2D eigenvalue weighted by Crippen LogP contribution is 2.11. The third kappa shape index (κ3) is 5.28. The standard InChI is InChI=1S/C11H14ClN.ClH/c12-11(8-9-13)7-6-10-4-2-1-3-5-10;/h1-5,8H,6-7,9,13H2;1H/b11-8-;. The fourth-order valence-electron chi connectivity index (χ4n) is 1.14. The molecule has 0 saturated carbocycles. The van der Waals surface area contributed by atoms with Crippen molar-refractivity contribution in [1.29, 1.82) is 0 Å². The molecule has 0 atom stereocenters. The monoisotopic (exact) mass is 231 g/mol. The molecule has 0 radical (unpaired) electrons. The minimum absolute atomic E-state index is 0. The van der Waals surface area contributed by atoms with Crippen LogP contribution in [0.3, 0.4) is 0 Å². The zero-order chi connectivity index (χ0) is 9.52. The van der Waals surface area contributed by atoms with E-state index < -0.39 is 0 Å². The summed E-state index contributed by atoms with van der Waals surface area (Å²) < 4.78 is 0. The van der Waals surface area contributed by atoms with Crippen molar-refractivity contribution in [1.82, 2.24) is 0 Å². The van der Waals surface area contributed by atoms with Crippen molar-refractivity contribution in [3.63, 3.8) is 0 Å². The zero-order valence-electron chi connectivity index (χ0n) is 7.95. The number of aryl methyl sites for hydroxylation is 1. The van der Waals surface area contributed by atoms with Gasteiger partial charge in [0.25, 0.3) is 0 Å². The normalized spacial score (nSPS) is 10.9. The highest BCUT2D eigenvalue weighted by atomic mass is 35.5. The first-order valence-electron chi connectivity index (χ1n) is 4.41. The second-order valence-electron chi connectivity index (χ2n) is 2.87. The third-order valence-electron chi connectivity index (χ3n) is 1.83. The summed E-state index contributed by atoms with van der Waals surface area (Å²) in [6, 6.07) is 10.3. The van der Waals surface area contributed by atoms with E-state index in [0.717, 1.165) is 17.9 Å². The summed E-state index contributed by atoms with van der Waals surface area (Å²) in [5, 5.41) is 0.853. The molecule has 1 aromatic carbocycles. The Morgan fingerprint density at radius 3 is 2.50 bits per heavy atom. The average Bonchev–Trinajstić information content (AvgIpc) is 2.17. The van der Waals surface area contributed by atoms with Crippen molar-refractivity contribution < 1.29 is 0 Å². The van der Waals surface area contributed by atoms with Crippen LogP contribution in [0, 0.1) is 0 Å². The Morgan fingerprint density at radius 1 is 1.29 bits per heavy atom. The number of rotatable bonds is 4. The number of benzene rings is 1. The van der Waals surface area contributed by atoms with Crippen molar-refractivity contribution in [2.24, 2.45) is 5.73 Å². The topological polar surface area (TPSA) is 26.0 Å². The summed E-state index contributed by atoms with van der Waals surface area (Å²) in [6.07, 6.45) is 3.71. The van der Waals surface area contributed by atoms with Crippen LogP contribution >= 0.6 is 24.0 Å². The van der Waals surface area contributed by atoms with Crippen molar-refractivity contribution in [2.45, 2.75) is 12.8 Å². The maximum atomic E-state index is 5.91. The largest absolute Gasteiger partial charge is 0.327 e. The number of allylic oxidation sites excluding steroid dienone is 1. The Hall–Kier alpha value is -0.500. The third-order valence-corrected chi connectivity index (χ3v) is 2.18. The van der Waals surface area contributed by atoms with Gasteiger partial charge in [-0.2, -0.15) is 0 Å². The smallest absolute Gasteiger partial charge is 0.0157 e. The number of hydrogen-bond acceptors (Lipinski definition) is 1. The van der Waals surface area contributed by atoms with E-state index >= 15 is 0 Å². The molecule has 14 heavy (non-hydrogen) atoms. The van der Waals surface area contributed by atoms with Gasteiger partial charge in [0.1, 0.15) is 0 Å². The minimum atomic E-state index is 0. The molecule has 0 aliphatic rings. The van der Waals surface area contributed by atoms with Gasteiger partial charge in [0, 0.05) is 11.6 Å². The van der Waals surface area contributed by atoms with Crippen LogP contribution in [0.5, 0.6) is 0 Å². The van der Waals surface area contributed by atoms with E-state index in [0.29, 0.717) is 6.54 Å². The molecule has 3 heteroatoms. The molecule has 0 saturated heterocycles. The Labute approximate surface area is 96.4 Å². The van der Waals surface area contributed by atoms with Crippen LogP contribution in [0.4, 0.5) is 0 Å². The van der Waals surface area contributed by atoms with Gasteiger partial charge in [0.2, 0.25) is 0 Å². The molecule has 1 rings (SSSR count). The predicted molar refractivity (Wildman–Crippen MR) is 65.0 cm³/mol. The molecular formula is C11H15Cl2N. The quantitative estimate of drug-likeness (QED) is 0.847. The molecule has 0 spiro atoms. The lowest BCUT2D eigenvalue weighted by Crippen LogP contribution is -1.94. The molecule has 78 valence electrons. The van der Waals surface area contributed by atoms with Crippen LogP contribution in [-0.4, -0.2) is 6.54 Å². The van der Waals surface area contributed by atoms with E-state index in [1.807, 2.05) is 24.3 Å². The summed E-state index contributed by atoms with van der Waals surface area (Å²) in [5.74, 6) is 0. The molecule has 0 aliphatic carbocycles. The molecule has 2 N–H and O–H groups in total. The molecule has 0 aromatic heterocycles. The fraction of sp³-hybridized carbons (Fsp3) is 0.273. The molecule has 0 amide bonds. The molecule has 0 heterocycles. The molecule has 0 aliphatic heterocycles. The maximum Gasteiger partial charge on any atom is 0.0157 e. The fourth-order valence-corrected chi connectivity index (χ4v) is 1.32. The van der Waals surface area contributed by atoms with Gasteiger partial charge < -0.3 is 5.73 Å². The maximum absolute atomic E-state index is 5.91. The van der Waals surface area contributed by atoms with E-state index in [1.54, 1.807) is 0 Å². The zero-order valence-corrected chi connectivity index (χ0v) is 9.52. The van der Waals surface area contributed by atoms with E-state index in [-0.39, 0.29) is 12.4 Å². The highest BCUT2D eigenvalue weighted by molar-refractivity contribution is 6.29. The van der Waals surface area contributed by atoms with Gasteiger partial charge in [0.15, 0.2) is 0 Å². The Morgan fingerprint density at radius 2 is 1.93 bits per heavy atom. The Balaban J connectivity index is 0.00000169. The van der Waals surface area contributed by atoms with Crippen LogP contribution in [0.25, 0.3) is 0 Å². The lowest BCUT2D eigenvalue weighted by Gasteiger charge is -1.99. The Kier molecular flexibility index (Phi) is 7.58. The first-order chi connectivity index (χ1) is 6.33. The molecule has 0 fully saturated rings. The average molecular weight is 232 g/mol. The number of halogens is 2. The SMILES string of the molecule is Cl.NC/C=C(\Cl)CCc1ccccc1. The molecule has 1 nitrogen and oxygen atoms in total. The van der Waals surface area contributed by atoms with Crippen LogP contribution in [0.15, 0.2) is 41.4 Å². The Bertz CT molecular complexity index is 270. The van der Waals surface area contributed by atoms with Gasteiger partial charge in [-0.25, -0.2) is 0 Å². The predicted octanol–water partition coefficient (Wildman–Crippen LogP) is 3.12. The minimum Gasteiger partial charge on any atom is -0.327 e. The van der Waals surface area contributed by atoms with Gasteiger partial charge in [-0.1, -0.05) is 48.0 Å². The van der Waals surface area contributed by atoms with E-state index in [9.17, 15) is 0 Å². The van der Waals surface area contributed by atoms with E-state index in [1.165, 1.54) is 5.56 Å². The first kappa shape index (κ1) is 13.5. The van der Waals surface area contributed by atoms with Crippen LogP contribution < -0.4 is 5.73 Å². The second kappa shape index (κ2) is 7.86. The van der Waals surface area contributed by atoms with Crippen molar-refractivity contribution in [2.75, 3.05) is 6.54 Å². The van der Waals surface area contributed by atoms with Gasteiger partial charge in [-0.3, -0.25) is 0 Å². The first-order valence-corrected chi connectivity index (χ1v) is 4.79. The van der Waals surface area contributed by atoms with E-state index in [2.05, 4.69) is 12.1 Å². The van der Waals surface area contributed by atoms with E-state index in [4.69, 9.17) is 17.3 Å². The van der Waals surface area contributed by atoms with Crippen LogP contribution in [0.2, 0.25) is 0 Å². The highest BCUT2D eigenvalue weighted by Gasteiger charge is 1.94. The van der Waals surface area contributed by atoms with Crippen molar-refractivity contribution >= 4 is 24.0 Å². The number of hydrogen-bond donors (Lipinski definition) is 1. The molecular weight excluding hydrogens is 217 g/mol. The lowest BCUT2D eigenvalue weighted by molar-refractivity contribution is 0.979. The lowest BCUT2D eigenvalue weighted by atomic mass is 10.1. The summed E-state index contributed by atoms with van der Waals surface area (Å²) >= 11 is 5.91. The number of nitrogens with two attached hydrogens (primary N) is 1. The van der Waals surface area contributed by atoms with Gasteiger partial charge in [-0.05, 0) is 18.4 Å². The summed E-state index contributed by atoms with van der Waals surface area (Å²) in [4.78, 5) is 0. The molecule has 1 aromatic rings. The molecule has 0 bridgehead atoms. The van der Waals surface area contributed by atoms with Gasteiger partial charge in [0.05, 0.1) is 0 Å². The van der Waals surface area contributed by atoms with Crippen molar-refractivity contribution in [3.05, 3.63) is 47.0 Å². The second-order valence-corrected chi connectivity index (χ2v) is 3.36. The van der Waals surface area contributed by atoms with Crippen molar-refractivity contribution in [3.8, 4) is 0 Å². The van der Waals surface area contributed by atoms with Crippen LogP contribution in [0.1, 0.15) is 12.0 Å².